The predicted molar refractivity (Wildman–Crippen MR) is 82.5 cm³/mol. The van der Waals surface area contributed by atoms with Crippen molar-refractivity contribution in [3.8, 4) is 0 Å². The second kappa shape index (κ2) is 6.46. The molecule has 2 unspecified atom stereocenters. The summed E-state index contributed by atoms with van der Waals surface area (Å²) >= 11 is 0. The van der Waals surface area contributed by atoms with Gasteiger partial charge in [0.15, 0.2) is 0 Å². The third kappa shape index (κ3) is 3.64. The minimum atomic E-state index is -3.48. The van der Waals surface area contributed by atoms with Crippen LogP contribution in [-0.4, -0.2) is 30.8 Å². The number of nitrogens with zero attached hydrogens (tertiary/aromatic N) is 2. The van der Waals surface area contributed by atoms with E-state index in [1.165, 1.54) is 0 Å². The summed E-state index contributed by atoms with van der Waals surface area (Å²) in [5.74, 6) is 0.498. The van der Waals surface area contributed by atoms with Crippen molar-refractivity contribution in [3.63, 3.8) is 0 Å². The lowest BCUT2D eigenvalue weighted by molar-refractivity contribution is 0.561. The largest absolute Gasteiger partial charge is 0.330 e. The fraction of sp³-hybridized carbons (Fsp3) is 0.786. The number of aryl methyl sites for hydroxylation is 2. The van der Waals surface area contributed by atoms with Crippen LogP contribution in [0.2, 0.25) is 0 Å². The molecule has 7 heteroatoms. The van der Waals surface area contributed by atoms with Crippen molar-refractivity contribution in [2.45, 2.75) is 63.9 Å². The predicted octanol–water partition coefficient (Wildman–Crippen LogP) is 1.32. The molecule has 6 nitrogen and oxygen atoms in total. The van der Waals surface area contributed by atoms with E-state index in [0.29, 0.717) is 35.3 Å². The first-order chi connectivity index (χ1) is 9.90. The third-order valence-corrected chi connectivity index (χ3v) is 5.79. The zero-order chi connectivity index (χ0) is 15.6. The van der Waals surface area contributed by atoms with Crippen LogP contribution in [0.1, 0.15) is 44.0 Å². The molecule has 0 saturated heterocycles. The number of nitrogens with two attached hydrogens (primary N) is 1. The fourth-order valence-corrected chi connectivity index (χ4v) is 4.60. The number of rotatable bonds is 8. The lowest BCUT2D eigenvalue weighted by Crippen LogP contribution is -2.28. The minimum Gasteiger partial charge on any atom is -0.330 e. The van der Waals surface area contributed by atoms with Crippen molar-refractivity contribution in [3.05, 3.63) is 11.4 Å². The van der Waals surface area contributed by atoms with Crippen molar-refractivity contribution in [2.75, 3.05) is 6.54 Å². The van der Waals surface area contributed by atoms with Crippen molar-refractivity contribution >= 4 is 10.0 Å². The SMILES string of the molecule is CCCC1CC1NS(=O)(=O)c1c(C)nn(CCCN)c1C. The monoisotopic (exact) mass is 314 g/mol. The molecule has 21 heavy (non-hydrogen) atoms. The first kappa shape index (κ1) is 16.5. The van der Waals surface area contributed by atoms with E-state index in [1.807, 2.05) is 6.92 Å². The summed E-state index contributed by atoms with van der Waals surface area (Å²) in [5, 5.41) is 4.34. The number of hydrogen-bond acceptors (Lipinski definition) is 4. The van der Waals surface area contributed by atoms with Crippen LogP contribution in [0.25, 0.3) is 0 Å². The van der Waals surface area contributed by atoms with Crippen LogP contribution >= 0.6 is 0 Å². The van der Waals surface area contributed by atoms with E-state index in [2.05, 4.69) is 16.7 Å². The molecule has 0 bridgehead atoms. The third-order valence-electron chi connectivity index (χ3n) is 4.05. The second-order valence-electron chi connectivity index (χ2n) is 5.88. The topological polar surface area (TPSA) is 90.0 Å². The smallest absolute Gasteiger partial charge is 0.244 e. The molecule has 1 saturated carbocycles. The van der Waals surface area contributed by atoms with Gasteiger partial charge in [0.2, 0.25) is 10.0 Å². The summed E-state index contributed by atoms with van der Waals surface area (Å²) in [5.41, 5.74) is 6.76. The summed E-state index contributed by atoms with van der Waals surface area (Å²) in [4.78, 5) is 0.335. The second-order valence-corrected chi connectivity index (χ2v) is 7.53. The molecule has 1 heterocycles. The Morgan fingerprint density at radius 1 is 1.43 bits per heavy atom. The van der Waals surface area contributed by atoms with Crippen LogP contribution in [0.15, 0.2) is 4.90 Å². The molecule has 1 aromatic rings. The average Bonchev–Trinajstić information content (AvgIpc) is 3.03. The zero-order valence-corrected chi connectivity index (χ0v) is 13.9. The van der Waals surface area contributed by atoms with E-state index < -0.39 is 10.0 Å². The van der Waals surface area contributed by atoms with Crippen molar-refractivity contribution in [1.29, 1.82) is 0 Å². The number of hydrogen-bond donors (Lipinski definition) is 2. The van der Waals surface area contributed by atoms with E-state index in [-0.39, 0.29) is 6.04 Å². The highest BCUT2D eigenvalue weighted by Crippen LogP contribution is 2.36. The van der Waals surface area contributed by atoms with E-state index in [4.69, 9.17) is 5.73 Å². The van der Waals surface area contributed by atoms with Gasteiger partial charge in [-0.2, -0.15) is 5.10 Å². The van der Waals surface area contributed by atoms with Gasteiger partial charge in [0.25, 0.3) is 0 Å². The average molecular weight is 314 g/mol. The van der Waals surface area contributed by atoms with Gasteiger partial charge in [-0.1, -0.05) is 13.3 Å². The Balaban J connectivity index is 2.15. The molecule has 3 N–H and O–H groups in total. The molecule has 2 rings (SSSR count). The maximum absolute atomic E-state index is 12.6. The highest BCUT2D eigenvalue weighted by atomic mass is 32.2. The van der Waals surface area contributed by atoms with Crippen LogP contribution in [0.4, 0.5) is 0 Å². The molecule has 0 radical (unpaired) electrons. The molecule has 1 fully saturated rings. The van der Waals surface area contributed by atoms with Gasteiger partial charge in [-0.15, -0.1) is 0 Å². The Bertz CT molecular complexity index is 594. The van der Waals surface area contributed by atoms with Crippen molar-refractivity contribution in [2.24, 2.45) is 11.7 Å². The molecule has 1 aliphatic carbocycles. The van der Waals surface area contributed by atoms with Crippen LogP contribution in [0, 0.1) is 19.8 Å². The maximum atomic E-state index is 12.6. The van der Waals surface area contributed by atoms with Crippen molar-refractivity contribution in [1.82, 2.24) is 14.5 Å². The maximum Gasteiger partial charge on any atom is 0.244 e. The van der Waals surface area contributed by atoms with Gasteiger partial charge in [-0.3, -0.25) is 4.68 Å². The lowest BCUT2D eigenvalue weighted by Gasteiger charge is -2.07. The van der Waals surface area contributed by atoms with Gasteiger partial charge in [0, 0.05) is 12.6 Å². The van der Waals surface area contributed by atoms with Crippen LogP contribution in [-0.2, 0) is 16.6 Å². The van der Waals surface area contributed by atoms with Gasteiger partial charge in [-0.05, 0) is 45.6 Å². The molecule has 0 aliphatic heterocycles. The first-order valence-electron chi connectivity index (χ1n) is 7.67. The Morgan fingerprint density at radius 2 is 2.14 bits per heavy atom. The van der Waals surface area contributed by atoms with Crippen molar-refractivity contribution < 1.29 is 8.42 Å². The molecular weight excluding hydrogens is 288 g/mol. The summed E-state index contributed by atoms with van der Waals surface area (Å²) in [7, 11) is -3.48. The van der Waals surface area contributed by atoms with Gasteiger partial charge in [0.05, 0.1) is 11.4 Å². The van der Waals surface area contributed by atoms with Gasteiger partial charge < -0.3 is 5.73 Å². The molecule has 1 aliphatic rings. The molecule has 2 atom stereocenters. The molecular formula is C14H26N4O2S. The fourth-order valence-electron chi connectivity index (χ4n) is 2.87. The quantitative estimate of drug-likeness (QED) is 0.757. The molecule has 0 amide bonds. The Morgan fingerprint density at radius 3 is 2.76 bits per heavy atom. The number of aromatic nitrogens is 2. The van der Waals surface area contributed by atoms with Crippen LogP contribution < -0.4 is 10.5 Å². The summed E-state index contributed by atoms with van der Waals surface area (Å²) < 4.78 is 29.7. The van der Waals surface area contributed by atoms with E-state index in [1.54, 1.807) is 11.6 Å². The summed E-state index contributed by atoms with van der Waals surface area (Å²) in [6.45, 7) is 6.90. The highest BCUT2D eigenvalue weighted by molar-refractivity contribution is 7.89. The first-order valence-corrected chi connectivity index (χ1v) is 9.15. The Hall–Kier alpha value is -0.920. The van der Waals surface area contributed by atoms with E-state index in [0.717, 1.165) is 25.7 Å². The van der Waals surface area contributed by atoms with Gasteiger partial charge in [-0.25, -0.2) is 13.1 Å². The number of nitrogens with one attached hydrogen (secondary N) is 1. The Kier molecular flexibility index (Phi) is 5.06. The molecule has 0 aromatic carbocycles. The highest BCUT2D eigenvalue weighted by Gasteiger charge is 2.40. The zero-order valence-electron chi connectivity index (χ0n) is 13.1. The molecule has 1 aromatic heterocycles. The summed E-state index contributed by atoms with van der Waals surface area (Å²) in [6.07, 6.45) is 3.92. The van der Waals surface area contributed by atoms with E-state index >= 15 is 0 Å². The minimum absolute atomic E-state index is 0.0983. The van der Waals surface area contributed by atoms with Gasteiger partial charge >= 0.3 is 0 Å². The lowest BCUT2D eigenvalue weighted by atomic mass is 10.2. The normalized spacial score (nSPS) is 21.7. The Labute approximate surface area is 127 Å². The van der Waals surface area contributed by atoms with Crippen LogP contribution in [0.5, 0.6) is 0 Å². The van der Waals surface area contributed by atoms with E-state index in [9.17, 15) is 8.42 Å². The number of sulfonamides is 1. The van der Waals surface area contributed by atoms with Gasteiger partial charge in [0.1, 0.15) is 4.90 Å². The molecule has 0 spiro atoms. The summed E-state index contributed by atoms with van der Waals surface area (Å²) in [6, 6.07) is 0.0983. The van der Waals surface area contributed by atoms with Crippen LogP contribution in [0.3, 0.4) is 0 Å². The standard InChI is InChI=1S/C14H26N4O2S/c1-4-6-12-9-13(12)17-21(19,20)14-10(2)16-18(11(14)3)8-5-7-15/h12-13,17H,4-9,15H2,1-3H3. The molecule has 120 valence electrons.